The molecule has 0 aliphatic rings. The highest BCUT2D eigenvalue weighted by Gasteiger charge is 1.97. The minimum Gasteiger partial charge on any atom is -0.376 e. The van der Waals surface area contributed by atoms with E-state index in [1.807, 2.05) is 25.1 Å². The van der Waals surface area contributed by atoms with Crippen molar-refractivity contribution >= 4 is 23.3 Å². The Morgan fingerprint density at radius 2 is 2.33 bits per heavy atom. The lowest BCUT2D eigenvalue weighted by Gasteiger charge is -2.09. The molecule has 0 bridgehead atoms. The monoisotopic (exact) mass is 265 g/mol. The fourth-order valence-electron chi connectivity index (χ4n) is 1.42. The van der Waals surface area contributed by atoms with Crippen LogP contribution in [0, 0.1) is 0 Å². The highest BCUT2D eigenvalue weighted by atomic mass is 32.1. The molecule has 0 aliphatic heterocycles. The number of aromatic nitrogens is 1. The SMILES string of the molecule is CCNC(=NCCCc1ccccn1)NC(N)=S. The van der Waals surface area contributed by atoms with Crippen molar-refractivity contribution in [2.75, 3.05) is 13.1 Å². The third kappa shape index (κ3) is 6.15. The molecule has 0 amide bonds. The topological polar surface area (TPSA) is 75.3 Å². The Balaban J connectivity index is 2.34. The molecule has 6 heteroatoms. The molecule has 1 aromatic heterocycles. The number of aliphatic imine (C=N–C) groups is 1. The lowest BCUT2D eigenvalue weighted by Crippen LogP contribution is -2.43. The Morgan fingerprint density at radius 1 is 1.50 bits per heavy atom. The molecule has 4 N–H and O–H groups in total. The van der Waals surface area contributed by atoms with Crippen LogP contribution in [0.1, 0.15) is 19.0 Å². The van der Waals surface area contributed by atoms with Crippen molar-refractivity contribution in [3.8, 4) is 0 Å². The molecule has 0 spiro atoms. The molecule has 0 atom stereocenters. The first-order chi connectivity index (χ1) is 8.72. The fraction of sp³-hybridized carbons (Fsp3) is 0.417. The summed E-state index contributed by atoms with van der Waals surface area (Å²) in [5.41, 5.74) is 6.49. The Morgan fingerprint density at radius 3 is 2.94 bits per heavy atom. The second kappa shape index (κ2) is 8.41. The predicted octanol–water partition coefficient (Wildman–Crippen LogP) is 0.813. The van der Waals surface area contributed by atoms with Crippen LogP contribution in [0.5, 0.6) is 0 Å². The van der Waals surface area contributed by atoms with Gasteiger partial charge >= 0.3 is 0 Å². The zero-order valence-electron chi connectivity index (χ0n) is 10.5. The van der Waals surface area contributed by atoms with Gasteiger partial charge in [0.05, 0.1) is 0 Å². The standard InChI is InChI=1S/C12H19N5S/c1-2-14-12(17-11(13)18)16-9-5-7-10-6-3-4-8-15-10/h3-4,6,8H,2,5,7,9H2,1H3,(H4,13,14,16,17,18). The number of hydrogen-bond acceptors (Lipinski definition) is 3. The van der Waals surface area contributed by atoms with Crippen LogP contribution in [0.3, 0.4) is 0 Å². The molecule has 5 nitrogen and oxygen atoms in total. The molecule has 0 radical (unpaired) electrons. The Hall–Kier alpha value is -1.69. The highest BCUT2D eigenvalue weighted by Crippen LogP contribution is 1.98. The van der Waals surface area contributed by atoms with E-state index in [9.17, 15) is 0 Å². The summed E-state index contributed by atoms with van der Waals surface area (Å²) in [5.74, 6) is 0.631. The Kier molecular flexibility index (Phi) is 6.71. The summed E-state index contributed by atoms with van der Waals surface area (Å²) in [4.78, 5) is 8.63. The molecule has 0 aromatic carbocycles. The number of pyridine rings is 1. The summed E-state index contributed by atoms with van der Waals surface area (Å²) in [6, 6.07) is 5.92. The van der Waals surface area contributed by atoms with Gasteiger partial charge < -0.3 is 16.4 Å². The number of thiocarbonyl (C=S) groups is 1. The number of guanidine groups is 1. The first kappa shape index (κ1) is 14.4. The molecule has 0 fully saturated rings. The van der Waals surface area contributed by atoms with Crippen molar-refractivity contribution in [2.24, 2.45) is 10.7 Å². The Labute approximate surface area is 113 Å². The minimum absolute atomic E-state index is 0.222. The lowest BCUT2D eigenvalue weighted by molar-refractivity contribution is 0.798. The van der Waals surface area contributed by atoms with Crippen molar-refractivity contribution < 1.29 is 0 Å². The van der Waals surface area contributed by atoms with E-state index in [1.54, 1.807) is 6.20 Å². The van der Waals surface area contributed by atoms with Gasteiger partial charge in [-0.3, -0.25) is 9.98 Å². The van der Waals surface area contributed by atoms with Crippen LogP contribution in [-0.4, -0.2) is 29.1 Å². The van der Waals surface area contributed by atoms with Crippen molar-refractivity contribution in [1.29, 1.82) is 0 Å². The van der Waals surface area contributed by atoms with Crippen LogP contribution in [0.4, 0.5) is 0 Å². The number of nitrogens with two attached hydrogens (primary N) is 1. The van der Waals surface area contributed by atoms with Crippen LogP contribution in [0.15, 0.2) is 29.4 Å². The number of rotatable bonds is 5. The molecule has 1 aromatic rings. The lowest BCUT2D eigenvalue weighted by atomic mass is 10.2. The second-order valence-corrected chi connectivity index (χ2v) is 4.11. The minimum atomic E-state index is 0.222. The van der Waals surface area contributed by atoms with Crippen LogP contribution in [0.2, 0.25) is 0 Å². The maximum Gasteiger partial charge on any atom is 0.197 e. The van der Waals surface area contributed by atoms with E-state index < -0.39 is 0 Å². The normalized spacial score (nSPS) is 11.1. The van der Waals surface area contributed by atoms with E-state index in [4.69, 9.17) is 18.0 Å². The first-order valence-electron chi connectivity index (χ1n) is 5.97. The number of aryl methyl sites for hydroxylation is 1. The van der Waals surface area contributed by atoms with Crippen LogP contribution in [-0.2, 0) is 6.42 Å². The first-order valence-corrected chi connectivity index (χ1v) is 6.38. The predicted molar refractivity (Wildman–Crippen MR) is 78.5 cm³/mol. The van der Waals surface area contributed by atoms with Gasteiger partial charge in [0, 0.05) is 25.0 Å². The zero-order chi connectivity index (χ0) is 13.2. The molecule has 0 unspecified atom stereocenters. The molecule has 0 saturated carbocycles. The maximum absolute atomic E-state index is 5.41. The maximum atomic E-state index is 5.41. The number of nitrogens with one attached hydrogen (secondary N) is 2. The van der Waals surface area contributed by atoms with Gasteiger partial charge in [0.2, 0.25) is 0 Å². The van der Waals surface area contributed by atoms with Gasteiger partial charge in [-0.25, -0.2) is 0 Å². The van der Waals surface area contributed by atoms with E-state index in [-0.39, 0.29) is 5.11 Å². The largest absolute Gasteiger partial charge is 0.376 e. The van der Waals surface area contributed by atoms with Crippen molar-refractivity contribution in [1.82, 2.24) is 15.6 Å². The van der Waals surface area contributed by atoms with Crippen LogP contribution >= 0.6 is 12.2 Å². The van der Waals surface area contributed by atoms with Crippen molar-refractivity contribution in [2.45, 2.75) is 19.8 Å². The Bertz CT molecular complexity index is 391. The van der Waals surface area contributed by atoms with E-state index in [0.29, 0.717) is 12.5 Å². The molecule has 18 heavy (non-hydrogen) atoms. The van der Waals surface area contributed by atoms with Gasteiger partial charge in [-0.2, -0.15) is 0 Å². The molecular formula is C12H19N5S. The van der Waals surface area contributed by atoms with Crippen LogP contribution < -0.4 is 16.4 Å². The third-order valence-electron chi connectivity index (χ3n) is 2.17. The van der Waals surface area contributed by atoms with E-state index in [2.05, 4.69) is 20.6 Å². The molecular weight excluding hydrogens is 246 g/mol. The fourth-order valence-corrected chi connectivity index (χ4v) is 1.52. The number of nitrogens with zero attached hydrogens (tertiary/aromatic N) is 2. The smallest absolute Gasteiger partial charge is 0.197 e. The third-order valence-corrected chi connectivity index (χ3v) is 2.27. The van der Waals surface area contributed by atoms with Gasteiger partial charge in [0.25, 0.3) is 0 Å². The zero-order valence-corrected chi connectivity index (χ0v) is 11.3. The second-order valence-electron chi connectivity index (χ2n) is 3.67. The van der Waals surface area contributed by atoms with Gasteiger partial charge in [-0.15, -0.1) is 0 Å². The quantitative estimate of drug-likeness (QED) is 0.318. The van der Waals surface area contributed by atoms with Crippen molar-refractivity contribution in [3.05, 3.63) is 30.1 Å². The molecule has 1 rings (SSSR count). The summed E-state index contributed by atoms with van der Waals surface area (Å²) >= 11 is 4.78. The summed E-state index contributed by atoms with van der Waals surface area (Å²) in [6.45, 7) is 3.47. The van der Waals surface area contributed by atoms with Gasteiger partial charge in [-0.1, -0.05) is 6.07 Å². The van der Waals surface area contributed by atoms with E-state index in [1.165, 1.54) is 0 Å². The van der Waals surface area contributed by atoms with Gasteiger partial charge in [-0.05, 0) is 44.1 Å². The van der Waals surface area contributed by atoms with E-state index in [0.717, 1.165) is 25.1 Å². The molecule has 0 saturated heterocycles. The van der Waals surface area contributed by atoms with Gasteiger partial charge in [0.1, 0.15) is 0 Å². The summed E-state index contributed by atoms with van der Waals surface area (Å²) in [5, 5.41) is 6.10. The molecule has 0 aliphatic carbocycles. The number of hydrogen-bond donors (Lipinski definition) is 3. The van der Waals surface area contributed by atoms with Gasteiger partial charge in [0.15, 0.2) is 11.1 Å². The average Bonchev–Trinajstić information content (AvgIpc) is 2.35. The summed E-state index contributed by atoms with van der Waals surface area (Å²) in [6.07, 6.45) is 3.65. The molecule has 1 heterocycles. The van der Waals surface area contributed by atoms with Crippen molar-refractivity contribution in [3.63, 3.8) is 0 Å². The van der Waals surface area contributed by atoms with E-state index >= 15 is 0 Å². The molecule has 98 valence electrons. The van der Waals surface area contributed by atoms with Crippen LogP contribution in [0.25, 0.3) is 0 Å². The summed E-state index contributed by atoms with van der Waals surface area (Å²) < 4.78 is 0. The average molecular weight is 265 g/mol. The summed E-state index contributed by atoms with van der Waals surface area (Å²) in [7, 11) is 0. The highest BCUT2D eigenvalue weighted by molar-refractivity contribution is 7.80.